The van der Waals surface area contributed by atoms with Gasteiger partial charge in [0.15, 0.2) is 0 Å². The number of aryl methyl sites for hydroxylation is 1. The monoisotopic (exact) mass is 494 g/mol. The highest BCUT2D eigenvalue weighted by Crippen LogP contribution is 2.40. The summed E-state index contributed by atoms with van der Waals surface area (Å²) in [6.45, 7) is 5.87. The zero-order valence-electron chi connectivity index (χ0n) is 21.0. The van der Waals surface area contributed by atoms with E-state index >= 15 is 0 Å². The van der Waals surface area contributed by atoms with E-state index in [0.717, 1.165) is 10.5 Å². The van der Waals surface area contributed by atoms with E-state index in [1.54, 1.807) is 34.9 Å². The molecular weight excluding hydrogens is 463 g/mol. The van der Waals surface area contributed by atoms with Gasteiger partial charge in [-0.25, -0.2) is 9.18 Å². The molecule has 0 radical (unpaired) electrons. The van der Waals surface area contributed by atoms with E-state index in [9.17, 15) is 23.6 Å². The Hall–Kier alpha value is -3.75. The van der Waals surface area contributed by atoms with Gasteiger partial charge in [-0.2, -0.15) is 0 Å². The number of halogens is 1. The lowest BCUT2D eigenvalue weighted by atomic mass is 9.85. The molecule has 0 aliphatic carbocycles. The number of hydrogen-bond donors (Lipinski definition) is 1. The number of likely N-dealkylation sites (N-methyl/N-ethyl adjacent to an activating group) is 1. The quantitative estimate of drug-likeness (QED) is 0.646. The third-order valence-electron chi connectivity index (χ3n) is 7.11. The standard InChI is InChI=1S/C27H31FN4O4/c1-17(2)22(29-23(33)20-16-18(3)10-11-21(20)28)24(34)31-14-12-27(13-15-31)25(35)30(4)26(36)32(27)19-8-6-5-7-9-19/h5-11,16-17,22H,12-15H2,1-4H3,(H,29,33)/t22-/m1/s1. The van der Waals surface area contributed by atoms with Crippen molar-refractivity contribution in [3.05, 3.63) is 65.5 Å². The second-order valence-electron chi connectivity index (χ2n) is 9.85. The van der Waals surface area contributed by atoms with Crippen LogP contribution in [0.4, 0.5) is 14.9 Å². The molecule has 1 atom stereocenters. The first-order valence-electron chi connectivity index (χ1n) is 12.1. The Kier molecular flexibility index (Phi) is 6.84. The summed E-state index contributed by atoms with van der Waals surface area (Å²) in [4.78, 5) is 56.8. The third-order valence-corrected chi connectivity index (χ3v) is 7.11. The summed E-state index contributed by atoms with van der Waals surface area (Å²) >= 11 is 0. The number of anilines is 1. The molecule has 2 aromatic carbocycles. The lowest BCUT2D eigenvalue weighted by molar-refractivity contribution is -0.139. The average Bonchev–Trinajstić information content (AvgIpc) is 3.04. The topological polar surface area (TPSA) is 90.0 Å². The SMILES string of the molecule is Cc1ccc(F)c(C(=O)N[C@@H](C(=O)N2CCC3(CC2)C(=O)N(C)C(=O)N3c2ccccc2)C(C)C)c1. The molecule has 0 aromatic heterocycles. The van der Waals surface area contributed by atoms with E-state index in [1.807, 2.05) is 32.0 Å². The molecule has 0 unspecified atom stereocenters. The Bertz CT molecular complexity index is 1190. The van der Waals surface area contributed by atoms with E-state index in [0.29, 0.717) is 5.69 Å². The van der Waals surface area contributed by atoms with Crippen LogP contribution in [0, 0.1) is 18.7 Å². The highest BCUT2D eigenvalue weighted by atomic mass is 19.1. The molecule has 36 heavy (non-hydrogen) atoms. The molecule has 4 rings (SSSR count). The molecule has 2 saturated heterocycles. The molecule has 2 aliphatic heterocycles. The Morgan fingerprint density at radius 2 is 1.67 bits per heavy atom. The van der Waals surface area contributed by atoms with Crippen LogP contribution in [0.2, 0.25) is 0 Å². The summed E-state index contributed by atoms with van der Waals surface area (Å²) in [5.74, 6) is -2.12. The number of carbonyl (C=O) groups is 4. The predicted molar refractivity (Wildman–Crippen MR) is 133 cm³/mol. The van der Waals surface area contributed by atoms with Crippen molar-refractivity contribution in [3.63, 3.8) is 0 Å². The number of likely N-dealkylation sites (tertiary alicyclic amines) is 1. The van der Waals surface area contributed by atoms with Crippen molar-refractivity contribution < 1.29 is 23.6 Å². The van der Waals surface area contributed by atoms with Crippen LogP contribution in [0.5, 0.6) is 0 Å². The number of piperidine rings is 1. The summed E-state index contributed by atoms with van der Waals surface area (Å²) in [5.41, 5.74) is 0.194. The smallest absolute Gasteiger partial charge is 0.331 e. The minimum atomic E-state index is -1.06. The third kappa shape index (κ3) is 4.34. The fraction of sp³-hybridized carbons (Fsp3) is 0.407. The molecule has 9 heteroatoms. The number of carbonyl (C=O) groups excluding carboxylic acids is 4. The highest BCUT2D eigenvalue weighted by molar-refractivity contribution is 6.16. The number of benzene rings is 2. The number of nitrogens with zero attached hydrogens (tertiary/aromatic N) is 3. The molecule has 0 bridgehead atoms. The Labute approximate surface area is 210 Å². The molecular formula is C27H31FN4O4. The number of hydrogen-bond acceptors (Lipinski definition) is 4. The fourth-order valence-electron chi connectivity index (χ4n) is 5.04. The summed E-state index contributed by atoms with van der Waals surface area (Å²) in [7, 11) is 1.47. The van der Waals surface area contributed by atoms with Gasteiger partial charge in [0, 0.05) is 25.8 Å². The van der Waals surface area contributed by atoms with Crippen molar-refractivity contribution >= 4 is 29.4 Å². The fourth-order valence-corrected chi connectivity index (χ4v) is 5.04. The van der Waals surface area contributed by atoms with Gasteiger partial charge in [-0.05, 0) is 49.9 Å². The van der Waals surface area contributed by atoms with Crippen LogP contribution in [0.1, 0.15) is 42.6 Å². The first kappa shape index (κ1) is 25.3. The lowest BCUT2D eigenvalue weighted by Crippen LogP contribution is -2.60. The molecule has 2 aromatic rings. The lowest BCUT2D eigenvalue weighted by Gasteiger charge is -2.43. The number of para-hydroxylation sites is 1. The van der Waals surface area contributed by atoms with Crippen LogP contribution in [0.25, 0.3) is 0 Å². The normalized spacial score (nSPS) is 18.2. The Balaban J connectivity index is 1.52. The second-order valence-corrected chi connectivity index (χ2v) is 9.85. The second kappa shape index (κ2) is 9.72. The van der Waals surface area contributed by atoms with Gasteiger partial charge in [-0.15, -0.1) is 0 Å². The number of rotatable bonds is 5. The average molecular weight is 495 g/mol. The first-order valence-corrected chi connectivity index (χ1v) is 12.1. The van der Waals surface area contributed by atoms with E-state index in [-0.39, 0.29) is 49.2 Å². The van der Waals surface area contributed by atoms with Crippen molar-refractivity contribution in [2.75, 3.05) is 25.0 Å². The molecule has 8 nitrogen and oxygen atoms in total. The number of amides is 5. The minimum absolute atomic E-state index is 0.109. The van der Waals surface area contributed by atoms with Crippen molar-refractivity contribution in [1.82, 2.24) is 15.1 Å². The van der Waals surface area contributed by atoms with Gasteiger partial charge in [0.25, 0.3) is 11.8 Å². The van der Waals surface area contributed by atoms with E-state index < -0.39 is 29.3 Å². The molecule has 1 spiro atoms. The molecule has 190 valence electrons. The largest absolute Gasteiger partial charge is 0.341 e. The maximum atomic E-state index is 14.2. The van der Waals surface area contributed by atoms with Crippen molar-refractivity contribution in [1.29, 1.82) is 0 Å². The van der Waals surface area contributed by atoms with E-state index in [1.165, 1.54) is 19.2 Å². The molecule has 2 heterocycles. The van der Waals surface area contributed by atoms with Crippen molar-refractivity contribution in [2.24, 2.45) is 5.92 Å². The van der Waals surface area contributed by atoms with Gasteiger partial charge in [0.05, 0.1) is 5.56 Å². The van der Waals surface area contributed by atoms with Crippen LogP contribution in [-0.2, 0) is 9.59 Å². The van der Waals surface area contributed by atoms with Crippen LogP contribution >= 0.6 is 0 Å². The van der Waals surface area contributed by atoms with Crippen LogP contribution < -0.4 is 10.2 Å². The Morgan fingerprint density at radius 3 is 2.28 bits per heavy atom. The van der Waals surface area contributed by atoms with Crippen LogP contribution in [0.3, 0.4) is 0 Å². The van der Waals surface area contributed by atoms with Gasteiger partial charge in [0.2, 0.25) is 5.91 Å². The number of urea groups is 1. The molecule has 1 N–H and O–H groups in total. The maximum Gasteiger partial charge on any atom is 0.331 e. The highest BCUT2D eigenvalue weighted by Gasteiger charge is 2.58. The summed E-state index contributed by atoms with van der Waals surface area (Å²) < 4.78 is 14.2. The molecule has 0 saturated carbocycles. The maximum absolute atomic E-state index is 14.2. The molecule has 5 amide bonds. The van der Waals surface area contributed by atoms with Gasteiger partial charge >= 0.3 is 6.03 Å². The van der Waals surface area contributed by atoms with E-state index in [2.05, 4.69) is 5.32 Å². The molecule has 2 aliphatic rings. The Morgan fingerprint density at radius 1 is 1.03 bits per heavy atom. The summed E-state index contributed by atoms with van der Waals surface area (Å²) in [6.07, 6.45) is 0.543. The zero-order valence-corrected chi connectivity index (χ0v) is 21.0. The number of nitrogens with one attached hydrogen (secondary N) is 1. The van der Waals surface area contributed by atoms with E-state index in [4.69, 9.17) is 0 Å². The van der Waals surface area contributed by atoms with Crippen molar-refractivity contribution in [3.8, 4) is 0 Å². The van der Waals surface area contributed by atoms with Crippen molar-refractivity contribution in [2.45, 2.75) is 45.2 Å². The molecule has 2 fully saturated rings. The first-order chi connectivity index (χ1) is 17.1. The van der Waals surface area contributed by atoms with Crippen LogP contribution in [-0.4, -0.2) is 65.3 Å². The summed E-state index contributed by atoms with van der Waals surface area (Å²) in [6, 6.07) is 12.0. The van der Waals surface area contributed by atoms with Gasteiger partial charge in [-0.3, -0.25) is 24.2 Å². The minimum Gasteiger partial charge on any atom is -0.341 e. The number of imide groups is 1. The van der Waals surface area contributed by atoms with Gasteiger partial charge in [0.1, 0.15) is 17.4 Å². The van der Waals surface area contributed by atoms with Gasteiger partial charge < -0.3 is 10.2 Å². The van der Waals surface area contributed by atoms with Gasteiger partial charge in [-0.1, -0.05) is 43.7 Å². The zero-order chi connectivity index (χ0) is 26.2. The predicted octanol–water partition coefficient (Wildman–Crippen LogP) is 3.35. The summed E-state index contributed by atoms with van der Waals surface area (Å²) in [5, 5.41) is 2.71. The van der Waals surface area contributed by atoms with Crippen LogP contribution in [0.15, 0.2) is 48.5 Å².